The van der Waals surface area contributed by atoms with Gasteiger partial charge >= 0.3 is 0 Å². The molecule has 0 radical (unpaired) electrons. The number of sulfonamides is 1. The smallest absolute Gasteiger partial charge is 0.241 e. The van der Waals surface area contributed by atoms with Crippen molar-refractivity contribution in [2.45, 2.75) is 4.90 Å². The van der Waals surface area contributed by atoms with E-state index >= 15 is 0 Å². The molecule has 0 spiro atoms. The highest BCUT2D eigenvalue weighted by atomic mass is 32.2. The molecule has 2 rings (SSSR count). The average Bonchev–Trinajstić information content (AvgIpc) is 2.60. The first-order chi connectivity index (χ1) is 11.5. The number of amides is 1. The van der Waals surface area contributed by atoms with Gasteiger partial charge in [-0.05, 0) is 36.4 Å². The summed E-state index contributed by atoms with van der Waals surface area (Å²) in [5.74, 6) is 0.531. The number of carbonyl (C=O) groups is 1. The van der Waals surface area contributed by atoms with E-state index in [1.54, 1.807) is 24.3 Å². The predicted molar refractivity (Wildman–Crippen MR) is 89.8 cm³/mol. The summed E-state index contributed by atoms with van der Waals surface area (Å²) in [6, 6.07) is 12.7. The normalized spacial score (nSPS) is 10.9. The van der Waals surface area contributed by atoms with E-state index in [1.165, 1.54) is 38.5 Å². The Kier molecular flexibility index (Phi) is 5.78. The van der Waals surface area contributed by atoms with Gasteiger partial charge in [-0.1, -0.05) is 12.1 Å². The number of carbonyl (C=O) groups excluding carboxylic acids is 1. The maximum absolute atomic E-state index is 12.2. The Labute approximate surface area is 140 Å². The Morgan fingerprint density at radius 2 is 1.67 bits per heavy atom. The average molecular weight is 350 g/mol. The number of hydrogen-bond acceptors (Lipinski definition) is 5. The molecule has 0 aliphatic carbocycles. The highest BCUT2D eigenvalue weighted by Crippen LogP contribution is 2.22. The summed E-state index contributed by atoms with van der Waals surface area (Å²) in [6.07, 6.45) is 0. The predicted octanol–water partition coefficient (Wildman–Crippen LogP) is 1.62. The molecule has 0 aliphatic heterocycles. The second-order valence-electron chi connectivity index (χ2n) is 4.75. The van der Waals surface area contributed by atoms with Crippen molar-refractivity contribution in [3.63, 3.8) is 0 Å². The molecule has 0 aromatic heterocycles. The van der Waals surface area contributed by atoms with Gasteiger partial charge in [0.05, 0.1) is 31.3 Å². The van der Waals surface area contributed by atoms with E-state index in [0.717, 1.165) is 0 Å². The molecule has 2 N–H and O–H groups in total. The quantitative estimate of drug-likeness (QED) is 0.791. The number of methoxy groups -OCH3 is 2. The molecule has 0 atom stereocenters. The van der Waals surface area contributed by atoms with Crippen LogP contribution in [0.4, 0.5) is 5.69 Å². The van der Waals surface area contributed by atoms with Crippen LogP contribution in [0.2, 0.25) is 0 Å². The summed E-state index contributed by atoms with van der Waals surface area (Å²) in [4.78, 5) is 12.0. The molecule has 2 aromatic carbocycles. The summed E-state index contributed by atoms with van der Waals surface area (Å²) in [6.45, 7) is -0.396. The second kappa shape index (κ2) is 7.80. The zero-order chi connectivity index (χ0) is 17.6. The molecule has 0 aliphatic rings. The van der Waals surface area contributed by atoms with Crippen LogP contribution in [0.5, 0.6) is 11.5 Å². The van der Waals surface area contributed by atoms with Crippen LogP contribution < -0.4 is 19.5 Å². The molecule has 0 saturated heterocycles. The number of anilines is 1. The topological polar surface area (TPSA) is 93.7 Å². The lowest BCUT2D eigenvalue weighted by molar-refractivity contribution is -0.115. The van der Waals surface area contributed by atoms with E-state index in [4.69, 9.17) is 9.47 Å². The summed E-state index contributed by atoms with van der Waals surface area (Å²) < 4.78 is 36.7. The van der Waals surface area contributed by atoms with E-state index in [2.05, 4.69) is 10.0 Å². The van der Waals surface area contributed by atoms with E-state index in [-0.39, 0.29) is 4.90 Å². The third-order valence-corrected chi connectivity index (χ3v) is 4.59. The van der Waals surface area contributed by atoms with Crippen LogP contribution in [0.25, 0.3) is 0 Å². The Bertz CT molecular complexity index is 803. The number of rotatable bonds is 7. The minimum absolute atomic E-state index is 0.0494. The third kappa shape index (κ3) is 4.46. The van der Waals surface area contributed by atoms with Crippen LogP contribution >= 0.6 is 0 Å². The van der Waals surface area contributed by atoms with Gasteiger partial charge in [0.15, 0.2) is 0 Å². The number of benzene rings is 2. The second-order valence-corrected chi connectivity index (χ2v) is 6.52. The molecule has 2 aromatic rings. The van der Waals surface area contributed by atoms with Crippen LogP contribution in [-0.4, -0.2) is 35.1 Å². The summed E-state index contributed by atoms with van der Waals surface area (Å²) >= 11 is 0. The summed E-state index contributed by atoms with van der Waals surface area (Å²) in [5, 5.41) is 2.59. The van der Waals surface area contributed by atoms with Crippen LogP contribution in [0.15, 0.2) is 53.4 Å². The van der Waals surface area contributed by atoms with E-state index < -0.39 is 22.5 Å². The van der Waals surface area contributed by atoms with Gasteiger partial charge in [-0.15, -0.1) is 0 Å². The molecule has 0 unspecified atom stereocenters. The first-order valence-electron chi connectivity index (χ1n) is 7.03. The van der Waals surface area contributed by atoms with Crippen LogP contribution in [-0.2, 0) is 14.8 Å². The minimum Gasteiger partial charge on any atom is -0.497 e. The molecule has 0 saturated carbocycles. The van der Waals surface area contributed by atoms with Gasteiger partial charge in [0.25, 0.3) is 0 Å². The molecule has 128 valence electrons. The molecule has 24 heavy (non-hydrogen) atoms. The molecular weight excluding hydrogens is 332 g/mol. The zero-order valence-corrected chi connectivity index (χ0v) is 14.1. The highest BCUT2D eigenvalue weighted by molar-refractivity contribution is 7.89. The Morgan fingerprint density at radius 3 is 2.29 bits per heavy atom. The maximum atomic E-state index is 12.2. The van der Waals surface area contributed by atoms with Crippen molar-refractivity contribution in [1.29, 1.82) is 0 Å². The molecular formula is C16H18N2O5S. The largest absolute Gasteiger partial charge is 0.497 e. The lowest BCUT2D eigenvalue weighted by Crippen LogP contribution is -2.33. The molecule has 8 heteroatoms. The van der Waals surface area contributed by atoms with Crippen molar-refractivity contribution in [2.24, 2.45) is 0 Å². The summed E-state index contributed by atoms with van der Waals surface area (Å²) in [7, 11) is -0.812. The van der Waals surface area contributed by atoms with E-state index in [1.807, 2.05) is 0 Å². The van der Waals surface area contributed by atoms with E-state index in [9.17, 15) is 13.2 Å². The zero-order valence-electron chi connectivity index (χ0n) is 13.3. The van der Waals surface area contributed by atoms with Crippen LogP contribution in [0.3, 0.4) is 0 Å². The molecule has 0 bridgehead atoms. The first-order valence-corrected chi connectivity index (χ1v) is 8.51. The SMILES string of the molecule is COc1ccc(S(=O)(=O)NCC(=O)Nc2ccccc2OC)cc1. The van der Waals surface area contributed by atoms with Gasteiger partial charge in [-0.25, -0.2) is 13.1 Å². The van der Waals surface area contributed by atoms with Crippen molar-refractivity contribution in [2.75, 3.05) is 26.1 Å². The maximum Gasteiger partial charge on any atom is 0.241 e. The Balaban J connectivity index is 1.99. The molecule has 0 heterocycles. The first kappa shape index (κ1) is 17.8. The standard InChI is InChI=1S/C16H18N2O5S/c1-22-12-7-9-13(10-8-12)24(20,21)17-11-16(19)18-14-5-3-4-6-15(14)23-2/h3-10,17H,11H2,1-2H3,(H,18,19). The van der Waals surface area contributed by atoms with Gasteiger partial charge in [0.2, 0.25) is 15.9 Å². The van der Waals surface area contributed by atoms with Gasteiger partial charge in [-0.2, -0.15) is 0 Å². The van der Waals surface area contributed by atoms with Gasteiger partial charge in [0.1, 0.15) is 11.5 Å². The van der Waals surface area contributed by atoms with Crippen molar-refractivity contribution in [3.05, 3.63) is 48.5 Å². The monoisotopic (exact) mass is 350 g/mol. The van der Waals surface area contributed by atoms with Crippen molar-refractivity contribution < 1.29 is 22.7 Å². The fourth-order valence-corrected chi connectivity index (χ4v) is 2.92. The molecule has 0 fully saturated rings. The summed E-state index contributed by atoms with van der Waals surface area (Å²) in [5.41, 5.74) is 0.466. The fraction of sp³-hybridized carbons (Fsp3) is 0.188. The highest BCUT2D eigenvalue weighted by Gasteiger charge is 2.16. The Hall–Kier alpha value is -2.58. The minimum atomic E-state index is -3.79. The lowest BCUT2D eigenvalue weighted by Gasteiger charge is -2.11. The van der Waals surface area contributed by atoms with Gasteiger partial charge < -0.3 is 14.8 Å². The fourth-order valence-electron chi connectivity index (χ4n) is 1.94. The van der Waals surface area contributed by atoms with Crippen LogP contribution in [0, 0.1) is 0 Å². The molecule has 1 amide bonds. The number of nitrogens with one attached hydrogen (secondary N) is 2. The number of para-hydroxylation sites is 2. The number of hydrogen-bond donors (Lipinski definition) is 2. The number of ether oxygens (including phenoxy) is 2. The van der Waals surface area contributed by atoms with E-state index in [0.29, 0.717) is 17.2 Å². The third-order valence-electron chi connectivity index (χ3n) is 3.17. The van der Waals surface area contributed by atoms with Gasteiger partial charge in [0, 0.05) is 0 Å². The van der Waals surface area contributed by atoms with Crippen molar-refractivity contribution in [3.8, 4) is 11.5 Å². The van der Waals surface area contributed by atoms with Crippen molar-refractivity contribution >= 4 is 21.6 Å². The lowest BCUT2D eigenvalue weighted by atomic mass is 10.3. The van der Waals surface area contributed by atoms with Crippen molar-refractivity contribution in [1.82, 2.24) is 4.72 Å². The van der Waals surface area contributed by atoms with Crippen LogP contribution in [0.1, 0.15) is 0 Å². The Morgan fingerprint density at radius 1 is 1.00 bits per heavy atom. The molecule has 7 nitrogen and oxygen atoms in total. The van der Waals surface area contributed by atoms with Gasteiger partial charge in [-0.3, -0.25) is 4.79 Å².